The van der Waals surface area contributed by atoms with E-state index in [1.165, 1.54) is 25.7 Å². The fourth-order valence-corrected chi connectivity index (χ4v) is 3.08. The zero-order valence-corrected chi connectivity index (χ0v) is 12.4. The molecule has 4 nitrogen and oxygen atoms in total. The van der Waals surface area contributed by atoms with Crippen LogP contribution < -0.4 is 10.1 Å². The lowest BCUT2D eigenvalue weighted by Crippen LogP contribution is -2.25. The molecule has 0 unspecified atom stereocenters. The zero-order chi connectivity index (χ0) is 14.7. The number of amides is 1. The first-order valence-electron chi connectivity index (χ1n) is 7.62. The van der Waals surface area contributed by atoms with Crippen LogP contribution in [0.15, 0.2) is 28.7 Å². The van der Waals surface area contributed by atoms with E-state index in [4.69, 9.17) is 9.15 Å². The maximum absolute atomic E-state index is 12.1. The quantitative estimate of drug-likeness (QED) is 0.911. The van der Waals surface area contributed by atoms with Gasteiger partial charge in [-0.05, 0) is 24.5 Å². The minimum atomic E-state index is -0.147. The van der Waals surface area contributed by atoms with Crippen LogP contribution in [0.1, 0.15) is 42.7 Å². The highest BCUT2D eigenvalue weighted by Crippen LogP contribution is 2.29. The van der Waals surface area contributed by atoms with Crippen LogP contribution in [0.2, 0.25) is 0 Å². The molecule has 112 valence electrons. The van der Waals surface area contributed by atoms with Crippen molar-refractivity contribution in [2.24, 2.45) is 5.92 Å². The largest absolute Gasteiger partial charge is 0.493 e. The summed E-state index contributed by atoms with van der Waals surface area (Å²) in [6, 6.07) is 7.39. The number of benzene rings is 1. The summed E-state index contributed by atoms with van der Waals surface area (Å²) in [4.78, 5) is 12.1. The highest BCUT2D eigenvalue weighted by molar-refractivity contribution is 5.97. The average molecular weight is 287 g/mol. The molecule has 2 aromatic rings. The molecule has 1 fully saturated rings. The summed E-state index contributed by atoms with van der Waals surface area (Å²) in [6.45, 7) is 0.720. The van der Waals surface area contributed by atoms with E-state index in [1.807, 2.05) is 18.2 Å². The second-order valence-corrected chi connectivity index (χ2v) is 5.68. The smallest absolute Gasteiger partial charge is 0.287 e. The van der Waals surface area contributed by atoms with E-state index in [-0.39, 0.29) is 5.91 Å². The minimum absolute atomic E-state index is 0.147. The number of fused-ring (bicyclic) bond motifs is 1. The molecular weight excluding hydrogens is 266 g/mol. The second-order valence-electron chi connectivity index (χ2n) is 5.68. The summed E-state index contributed by atoms with van der Waals surface area (Å²) in [5.41, 5.74) is 0.626. The molecule has 1 saturated carbocycles. The minimum Gasteiger partial charge on any atom is -0.493 e. The van der Waals surface area contributed by atoms with Gasteiger partial charge in [-0.3, -0.25) is 4.79 Å². The fraction of sp³-hybridized carbons (Fsp3) is 0.471. The standard InChI is InChI=1S/C17H21NO3/c1-20-14-8-4-7-13-11-15(21-16(13)14)17(19)18-10-9-12-5-2-3-6-12/h4,7-8,11-12H,2-3,5-6,9-10H2,1H3,(H,18,19). The van der Waals surface area contributed by atoms with Crippen LogP contribution >= 0.6 is 0 Å². The van der Waals surface area contributed by atoms with Crippen LogP contribution in [0, 0.1) is 5.92 Å². The number of ether oxygens (including phenoxy) is 1. The maximum atomic E-state index is 12.1. The molecule has 1 heterocycles. The van der Waals surface area contributed by atoms with E-state index in [0.717, 1.165) is 24.3 Å². The van der Waals surface area contributed by atoms with E-state index in [2.05, 4.69) is 5.32 Å². The first-order valence-corrected chi connectivity index (χ1v) is 7.62. The highest BCUT2D eigenvalue weighted by Gasteiger charge is 2.17. The van der Waals surface area contributed by atoms with Crippen molar-refractivity contribution in [1.29, 1.82) is 0 Å². The van der Waals surface area contributed by atoms with Gasteiger partial charge in [-0.15, -0.1) is 0 Å². The van der Waals surface area contributed by atoms with Crippen LogP contribution in [0.3, 0.4) is 0 Å². The lowest BCUT2D eigenvalue weighted by Gasteiger charge is -2.08. The van der Waals surface area contributed by atoms with E-state index in [9.17, 15) is 4.79 Å². The third-order valence-electron chi connectivity index (χ3n) is 4.26. The zero-order valence-electron chi connectivity index (χ0n) is 12.4. The van der Waals surface area contributed by atoms with E-state index in [1.54, 1.807) is 13.2 Å². The molecule has 0 spiro atoms. The molecule has 1 aromatic heterocycles. The molecule has 1 amide bonds. The molecule has 21 heavy (non-hydrogen) atoms. The van der Waals surface area contributed by atoms with Crippen molar-refractivity contribution >= 4 is 16.9 Å². The predicted octanol–water partition coefficient (Wildman–Crippen LogP) is 3.75. The number of hydrogen-bond acceptors (Lipinski definition) is 3. The Balaban J connectivity index is 1.64. The summed E-state index contributed by atoms with van der Waals surface area (Å²) in [5, 5.41) is 3.84. The van der Waals surface area contributed by atoms with Gasteiger partial charge in [0, 0.05) is 11.9 Å². The number of rotatable bonds is 5. The molecule has 0 radical (unpaired) electrons. The molecular formula is C17H21NO3. The third-order valence-corrected chi connectivity index (χ3v) is 4.26. The number of carbonyl (C=O) groups excluding carboxylic acids is 1. The van der Waals surface area contributed by atoms with Gasteiger partial charge in [0.1, 0.15) is 0 Å². The van der Waals surface area contributed by atoms with Gasteiger partial charge in [0.05, 0.1) is 7.11 Å². The molecule has 1 aliphatic rings. The molecule has 1 N–H and O–H groups in total. The monoisotopic (exact) mass is 287 g/mol. The summed E-state index contributed by atoms with van der Waals surface area (Å²) in [7, 11) is 1.60. The molecule has 1 aromatic carbocycles. The van der Waals surface area contributed by atoms with Gasteiger partial charge < -0.3 is 14.5 Å². The van der Waals surface area contributed by atoms with Gasteiger partial charge in [-0.25, -0.2) is 0 Å². The van der Waals surface area contributed by atoms with Crippen molar-refractivity contribution in [1.82, 2.24) is 5.32 Å². The Morgan fingerprint density at radius 2 is 2.19 bits per heavy atom. The van der Waals surface area contributed by atoms with Crippen LogP contribution in [0.4, 0.5) is 0 Å². The average Bonchev–Trinajstić information content (AvgIpc) is 3.15. The lowest BCUT2D eigenvalue weighted by molar-refractivity contribution is 0.0926. The van der Waals surface area contributed by atoms with Gasteiger partial charge in [0.2, 0.25) is 0 Å². The summed E-state index contributed by atoms with van der Waals surface area (Å²) < 4.78 is 10.9. The Hall–Kier alpha value is -1.97. The van der Waals surface area contributed by atoms with Crippen molar-refractivity contribution < 1.29 is 13.9 Å². The molecule has 0 bridgehead atoms. The summed E-state index contributed by atoms with van der Waals surface area (Å²) in [6.07, 6.45) is 6.34. The van der Waals surface area contributed by atoms with E-state index < -0.39 is 0 Å². The van der Waals surface area contributed by atoms with Crippen LogP contribution in [-0.4, -0.2) is 19.6 Å². The van der Waals surface area contributed by atoms with Crippen LogP contribution in [0.5, 0.6) is 5.75 Å². The Bertz CT molecular complexity index is 626. The first-order chi connectivity index (χ1) is 10.3. The molecule has 0 atom stereocenters. The Morgan fingerprint density at radius 1 is 1.38 bits per heavy atom. The van der Waals surface area contributed by atoms with Crippen molar-refractivity contribution in [2.45, 2.75) is 32.1 Å². The van der Waals surface area contributed by atoms with Crippen LogP contribution in [-0.2, 0) is 0 Å². The Labute approximate surface area is 124 Å². The first kappa shape index (κ1) is 14.0. The summed E-state index contributed by atoms with van der Waals surface area (Å²) in [5.74, 6) is 1.63. The molecule has 1 aliphatic carbocycles. The highest BCUT2D eigenvalue weighted by atomic mass is 16.5. The van der Waals surface area contributed by atoms with E-state index >= 15 is 0 Å². The van der Waals surface area contributed by atoms with Gasteiger partial charge in [-0.2, -0.15) is 0 Å². The number of methoxy groups -OCH3 is 1. The number of para-hydroxylation sites is 1. The molecule has 3 rings (SSSR count). The number of carbonyl (C=O) groups is 1. The van der Waals surface area contributed by atoms with Gasteiger partial charge in [0.15, 0.2) is 17.1 Å². The summed E-state index contributed by atoms with van der Waals surface area (Å²) >= 11 is 0. The lowest BCUT2D eigenvalue weighted by atomic mass is 10.0. The third kappa shape index (κ3) is 3.04. The predicted molar refractivity (Wildman–Crippen MR) is 81.7 cm³/mol. The normalized spacial score (nSPS) is 15.5. The number of hydrogen-bond donors (Lipinski definition) is 1. The fourth-order valence-electron chi connectivity index (χ4n) is 3.08. The SMILES string of the molecule is COc1cccc2cc(C(=O)NCCC3CCCC3)oc12. The van der Waals surface area contributed by atoms with Crippen LogP contribution in [0.25, 0.3) is 11.0 Å². The van der Waals surface area contributed by atoms with E-state index in [0.29, 0.717) is 17.1 Å². The Kier molecular flexibility index (Phi) is 4.13. The topological polar surface area (TPSA) is 51.5 Å². The van der Waals surface area contributed by atoms with Crippen molar-refractivity contribution in [3.8, 4) is 5.75 Å². The molecule has 0 saturated heterocycles. The molecule has 0 aliphatic heterocycles. The second kappa shape index (κ2) is 6.20. The number of furan rings is 1. The van der Waals surface area contributed by atoms with Gasteiger partial charge in [-0.1, -0.05) is 37.8 Å². The van der Waals surface area contributed by atoms with Gasteiger partial charge in [0.25, 0.3) is 5.91 Å². The number of nitrogens with one attached hydrogen (secondary N) is 1. The van der Waals surface area contributed by atoms with Gasteiger partial charge >= 0.3 is 0 Å². The van der Waals surface area contributed by atoms with Crippen molar-refractivity contribution in [2.75, 3.05) is 13.7 Å². The molecule has 4 heteroatoms. The van der Waals surface area contributed by atoms with Crippen molar-refractivity contribution in [3.05, 3.63) is 30.0 Å². The Morgan fingerprint density at radius 3 is 2.95 bits per heavy atom. The van der Waals surface area contributed by atoms with Crippen molar-refractivity contribution in [3.63, 3.8) is 0 Å². The maximum Gasteiger partial charge on any atom is 0.287 e.